The van der Waals surface area contributed by atoms with E-state index in [1.165, 1.54) is 44.3 Å². The third kappa shape index (κ3) is 2.86. The molecule has 0 atom stereocenters. The van der Waals surface area contributed by atoms with Gasteiger partial charge in [-0.1, -0.05) is 0 Å². The van der Waals surface area contributed by atoms with Crippen LogP contribution in [0.25, 0.3) is 0 Å². The summed E-state index contributed by atoms with van der Waals surface area (Å²) in [5.41, 5.74) is 0.457. The first kappa shape index (κ1) is 14.0. The van der Waals surface area contributed by atoms with E-state index < -0.39 is 7.25 Å². The van der Waals surface area contributed by atoms with Gasteiger partial charge in [-0.05, 0) is 56.3 Å². The summed E-state index contributed by atoms with van der Waals surface area (Å²) in [6.07, 6.45) is 12.7. The van der Waals surface area contributed by atoms with Gasteiger partial charge < -0.3 is 22.2 Å². The van der Waals surface area contributed by atoms with E-state index in [0.29, 0.717) is 5.41 Å². The predicted octanol–water partition coefficient (Wildman–Crippen LogP) is 4.18. The molecule has 4 bridgehead atoms. The number of aromatic nitrogens is 2. The average molecular weight is 289 g/mol. The van der Waals surface area contributed by atoms with Gasteiger partial charge in [0.15, 0.2) is 0 Å². The van der Waals surface area contributed by atoms with E-state index in [-0.39, 0.29) is 0 Å². The van der Waals surface area contributed by atoms with Crippen molar-refractivity contribution in [1.29, 1.82) is 0 Å². The van der Waals surface area contributed by atoms with Crippen LogP contribution in [0, 0.1) is 17.8 Å². The molecule has 0 amide bonds. The molecular formula is C13H18BF4N2-. The van der Waals surface area contributed by atoms with E-state index in [1.807, 2.05) is 12.4 Å². The Kier molecular flexibility index (Phi) is 3.33. The van der Waals surface area contributed by atoms with Gasteiger partial charge in [0.25, 0.3) is 0 Å². The lowest BCUT2D eigenvalue weighted by molar-refractivity contribution is -0.00901. The Hall–Kier alpha value is -1.01. The van der Waals surface area contributed by atoms with E-state index in [0.717, 1.165) is 17.8 Å². The molecule has 4 aliphatic carbocycles. The number of halogens is 4. The average Bonchev–Trinajstić information content (AvgIpc) is 2.77. The Bertz CT molecular complexity index is 416. The van der Waals surface area contributed by atoms with Crippen molar-refractivity contribution in [2.24, 2.45) is 17.8 Å². The molecule has 4 aliphatic rings. The number of hydrogen-bond acceptors (Lipinski definition) is 1. The molecular weight excluding hydrogens is 271 g/mol. The highest BCUT2D eigenvalue weighted by Crippen LogP contribution is 2.59. The third-order valence-electron chi connectivity index (χ3n) is 5.04. The molecule has 1 aromatic heterocycles. The fourth-order valence-electron chi connectivity index (χ4n) is 4.96. The minimum absolute atomic E-state index is 0.457. The zero-order valence-corrected chi connectivity index (χ0v) is 11.2. The minimum atomic E-state index is -6.00. The molecule has 1 N–H and O–H groups in total. The summed E-state index contributed by atoms with van der Waals surface area (Å²) >= 11 is 0. The van der Waals surface area contributed by atoms with Gasteiger partial charge >= 0.3 is 7.25 Å². The largest absolute Gasteiger partial charge is 0.673 e. The van der Waals surface area contributed by atoms with Crippen LogP contribution in [0.5, 0.6) is 0 Å². The van der Waals surface area contributed by atoms with Crippen LogP contribution in [0.15, 0.2) is 12.4 Å². The maximum atomic E-state index is 9.75. The van der Waals surface area contributed by atoms with Crippen molar-refractivity contribution in [3.63, 3.8) is 0 Å². The first-order valence-electron chi connectivity index (χ1n) is 7.21. The molecule has 0 aliphatic heterocycles. The van der Waals surface area contributed by atoms with E-state index in [2.05, 4.69) is 9.97 Å². The maximum absolute atomic E-state index is 9.75. The minimum Gasteiger partial charge on any atom is -0.418 e. The molecule has 4 saturated carbocycles. The molecule has 20 heavy (non-hydrogen) atoms. The summed E-state index contributed by atoms with van der Waals surface area (Å²) in [5.74, 6) is 4.34. The smallest absolute Gasteiger partial charge is 0.418 e. The standard InChI is InChI=1S/C13H18N2.BF4/c1-2-15-12(14-1)13-6-9-3-10(7-13)5-11(4-9)8-13;2-1(3,4)5/h1-2,9-11H,3-8H2,(H,14,15);/q;-1. The Morgan fingerprint density at radius 3 is 1.80 bits per heavy atom. The van der Waals surface area contributed by atoms with Gasteiger partial charge in [0.1, 0.15) is 5.82 Å². The highest BCUT2D eigenvalue weighted by Gasteiger charge is 2.52. The predicted molar refractivity (Wildman–Crippen MR) is 68.6 cm³/mol. The monoisotopic (exact) mass is 289 g/mol. The van der Waals surface area contributed by atoms with Gasteiger partial charge in [0, 0.05) is 17.8 Å². The lowest BCUT2D eigenvalue weighted by Crippen LogP contribution is -2.49. The van der Waals surface area contributed by atoms with Gasteiger partial charge in [-0.25, -0.2) is 4.98 Å². The lowest BCUT2D eigenvalue weighted by atomic mass is 9.49. The summed E-state index contributed by atoms with van der Waals surface area (Å²) in [7, 11) is -6.00. The molecule has 4 fully saturated rings. The van der Waals surface area contributed by atoms with E-state index in [9.17, 15) is 17.3 Å². The number of nitrogens with one attached hydrogen (secondary N) is 1. The number of imidazole rings is 1. The topological polar surface area (TPSA) is 28.7 Å². The Morgan fingerprint density at radius 1 is 1.00 bits per heavy atom. The van der Waals surface area contributed by atoms with Crippen molar-refractivity contribution in [2.75, 3.05) is 0 Å². The number of aromatic amines is 1. The Morgan fingerprint density at radius 2 is 1.45 bits per heavy atom. The van der Waals surface area contributed by atoms with Gasteiger partial charge in [0.2, 0.25) is 0 Å². The Labute approximate surface area is 115 Å². The van der Waals surface area contributed by atoms with Crippen molar-refractivity contribution in [3.05, 3.63) is 18.2 Å². The molecule has 5 rings (SSSR count). The van der Waals surface area contributed by atoms with E-state index in [4.69, 9.17) is 0 Å². The van der Waals surface area contributed by atoms with Crippen molar-refractivity contribution in [1.82, 2.24) is 9.97 Å². The van der Waals surface area contributed by atoms with Crippen molar-refractivity contribution in [3.8, 4) is 0 Å². The molecule has 1 aromatic rings. The van der Waals surface area contributed by atoms with Crippen molar-refractivity contribution >= 4 is 7.25 Å². The number of nitrogens with zero attached hydrogens (tertiary/aromatic N) is 1. The molecule has 0 aromatic carbocycles. The molecule has 2 nitrogen and oxygen atoms in total. The number of hydrogen-bond donors (Lipinski definition) is 1. The molecule has 0 radical (unpaired) electrons. The van der Waals surface area contributed by atoms with Crippen LogP contribution in [0.3, 0.4) is 0 Å². The normalized spacial score (nSPS) is 38.5. The maximum Gasteiger partial charge on any atom is 0.673 e. The Balaban J connectivity index is 0.000000213. The van der Waals surface area contributed by atoms with Gasteiger partial charge in [-0.3, -0.25) is 0 Å². The van der Waals surface area contributed by atoms with Crippen LogP contribution < -0.4 is 0 Å². The van der Waals surface area contributed by atoms with Crippen molar-refractivity contribution < 1.29 is 17.3 Å². The van der Waals surface area contributed by atoms with E-state index in [1.54, 1.807) is 0 Å². The first-order chi connectivity index (χ1) is 9.34. The van der Waals surface area contributed by atoms with Crippen LogP contribution in [-0.2, 0) is 5.41 Å². The fraction of sp³-hybridized carbons (Fsp3) is 0.769. The SMILES string of the molecule is F[B-](F)(F)F.c1c[nH]c(C23CC4CC(CC(C4)C2)C3)n1. The lowest BCUT2D eigenvalue weighted by Gasteiger charge is -2.55. The molecule has 1 heterocycles. The van der Waals surface area contributed by atoms with Crippen LogP contribution in [-0.4, -0.2) is 17.2 Å². The van der Waals surface area contributed by atoms with Gasteiger partial charge in [-0.15, -0.1) is 0 Å². The molecule has 0 unspecified atom stereocenters. The highest BCUT2D eigenvalue weighted by atomic mass is 19.5. The van der Waals surface area contributed by atoms with Crippen molar-refractivity contribution in [2.45, 2.75) is 43.9 Å². The second-order valence-corrected chi connectivity index (χ2v) is 6.63. The molecule has 0 spiro atoms. The highest BCUT2D eigenvalue weighted by molar-refractivity contribution is 6.50. The third-order valence-corrected chi connectivity index (χ3v) is 5.04. The van der Waals surface area contributed by atoms with Crippen LogP contribution in [0.2, 0.25) is 0 Å². The summed E-state index contributed by atoms with van der Waals surface area (Å²) in [6, 6.07) is 0. The zero-order chi connectivity index (χ0) is 14.4. The summed E-state index contributed by atoms with van der Waals surface area (Å²) in [6.45, 7) is 0. The van der Waals surface area contributed by atoms with Crippen LogP contribution >= 0.6 is 0 Å². The second-order valence-electron chi connectivity index (χ2n) is 6.63. The number of rotatable bonds is 1. The quantitative estimate of drug-likeness (QED) is 0.610. The van der Waals surface area contributed by atoms with Gasteiger partial charge in [-0.2, -0.15) is 0 Å². The second kappa shape index (κ2) is 4.77. The first-order valence-corrected chi connectivity index (χ1v) is 7.21. The molecule has 0 saturated heterocycles. The van der Waals surface area contributed by atoms with Gasteiger partial charge in [0.05, 0.1) is 0 Å². The fourth-order valence-corrected chi connectivity index (χ4v) is 4.96. The molecule has 112 valence electrons. The summed E-state index contributed by atoms with van der Waals surface area (Å²) in [5, 5.41) is 0. The van der Waals surface area contributed by atoms with Crippen LogP contribution in [0.4, 0.5) is 17.3 Å². The number of H-pyrrole nitrogens is 1. The summed E-state index contributed by atoms with van der Waals surface area (Å²) in [4.78, 5) is 7.93. The van der Waals surface area contributed by atoms with Crippen LogP contribution in [0.1, 0.15) is 44.3 Å². The van der Waals surface area contributed by atoms with E-state index >= 15 is 0 Å². The molecule has 7 heteroatoms. The summed E-state index contributed by atoms with van der Waals surface area (Å²) < 4.78 is 39.0. The zero-order valence-electron chi connectivity index (χ0n) is 11.2.